The Bertz CT molecular complexity index is 467. The van der Waals surface area contributed by atoms with E-state index in [0.29, 0.717) is 24.6 Å². The predicted octanol–water partition coefficient (Wildman–Crippen LogP) is 2.74. The number of hydrogen-bond donors (Lipinski definition) is 1. The van der Waals surface area contributed by atoms with E-state index in [1.165, 1.54) is 6.07 Å². The fourth-order valence-corrected chi connectivity index (χ4v) is 2.32. The zero-order valence-corrected chi connectivity index (χ0v) is 10.2. The van der Waals surface area contributed by atoms with Crippen LogP contribution in [0.25, 0.3) is 0 Å². The summed E-state index contributed by atoms with van der Waals surface area (Å²) in [5, 5.41) is 0. The molecule has 0 heterocycles. The summed E-state index contributed by atoms with van der Waals surface area (Å²) in [6.07, 6.45) is 4.04. The molecule has 3 rings (SSSR count). The molecule has 0 amide bonds. The van der Waals surface area contributed by atoms with E-state index >= 15 is 0 Å². The molecule has 2 saturated carbocycles. The van der Waals surface area contributed by atoms with Crippen molar-refractivity contribution < 1.29 is 13.5 Å². The maximum atomic E-state index is 13.9. The number of benzene rings is 1. The minimum Gasteiger partial charge on any atom is -0.490 e. The summed E-state index contributed by atoms with van der Waals surface area (Å²) in [5.74, 6) is -0.409. The van der Waals surface area contributed by atoms with E-state index in [1.54, 1.807) is 0 Å². The van der Waals surface area contributed by atoms with Crippen LogP contribution in [0.3, 0.4) is 0 Å². The molecule has 2 nitrogen and oxygen atoms in total. The monoisotopic (exact) mass is 253 g/mol. The Hall–Kier alpha value is -1.16. The number of nitrogens with two attached hydrogens (primary N) is 1. The van der Waals surface area contributed by atoms with Gasteiger partial charge in [0.05, 0.1) is 6.61 Å². The van der Waals surface area contributed by atoms with Crippen LogP contribution < -0.4 is 10.5 Å². The number of ether oxygens (including phenoxy) is 1. The normalized spacial score (nSPS) is 20.8. The number of hydrogen-bond acceptors (Lipinski definition) is 2. The van der Waals surface area contributed by atoms with Crippen molar-refractivity contribution in [1.29, 1.82) is 0 Å². The Morgan fingerprint density at radius 3 is 2.56 bits per heavy atom. The fraction of sp³-hybridized carbons (Fsp3) is 0.571. The third-order valence-corrected chi connectivity index (χ3v) is 3.98. The van der Waals surface area contributed by atoms with E-state index in [9.17, 15) is 8.78 Å². The van der Waals surface area contributed by atoms with E-state index < -0.39 is 11.6 Å². The topological polar surface area (TPSA) is 35.2 Å². The summed E-state index contributed by atoms with van der Waals surface area (Å²) in [7, 11) is 0. The Labute approximate surface area is 105 Å². The summed E-state index contributed by atoms with van der Waals surface area (Å²) < 4.78 is 32.8. The van der Waals surface area contributed by atoms with E-state index in [4.69, 9.17) is 10.5 Å². The molecule has 0 saturated heterocycles. The molecule has 0 bridgehead atoms. The average molecular weight is 253 g/mol. The van der Waals surface area contributed by atoms with Gasteiger partial charge in [0.25, 0.3) is 0 Å². The SMILES string of the molecule is NCC1(c2cc(F)cc(F)c2OCC2CC2)CC1. The Morgan fingerprint density at radius 1 is 1.28 bits per heavy atom. The molecule has 2 aliphatic carbocycles. The van der Waals surface area contributed by atoms with Gasteiger partial charge >= 0.3 is 0 Å². The molecule has 1 aromatic rings. The second-order valence-corrected chi connectivity index (χ2v) is 5.50. The highest BCUT2D eigenvalue weighted by molar-refractivity contribution is 5.45. The van der Waals surface area contributed by atoms with Gasteiger partial charge in [0.15, 0.2) is 11.6 Å². The largest absolute Gasteiger partial charge is 0.490 e. The zero-order valence-electron chi connectivity index (χ0n) is 10.2. The van der Waals surface area contributed by atoms with Crippen LogP contribution in [0.2, 0.25) is 0 Å². The predicted molar refractivity (Wildman–Crippen MR) is 64.5 cm³/mol. The van der Waals surface area contributed by atoms with Crippen molar-refractivity contribution in [3.8, 4) is 5.75 Å². The van der Waals surface area contributed by atoms with Crippen LogP contribution in [0.1, 0.15) is 31.2 Å². The molecule has 18 heavy (non-hydrogen) atoms. The summed E-state index contributed by atoms with van der Waals surface area (Å²) in [6, 6.07) is 2.27. The van der Waals surface area contributed by atoms with Crippen LogP contribution in [0, 0.1) is 17.6 Å². The molecule has 0 unspecified atom stereocenters. The van der Waals surface area contributed by atoms with E-state index in [1.807, 2.05) is 0 Å². The quantitative estimate of drug-likeness (QED) is 0.875. The molecule has 0 radical (unpaired) electrons. The van der Waals surface area contributed by atoms with Crippen LogP contribution in [-0.4, -0.2) is 13.2 Å². The third-order valence-electron chi connectivity index (χ3n) is 3.98. The lowest BCUT2D eigenvalue weighted by Crippen LogP contribution is -2.21. The van der Waals surface area contributed by atoms with E-state index in [2.05, 4.69) is 0 Å². The van der Waals surface area contributed by atoms with Crippen molar-refractivity contribution >= 4 is 0 Å². The Balaban J connectivity index is 1.93. The molecule has 0 aromatic heterocycles. The first-order valence-corrected chi connectivity index (χ1v) is 6.47. The fourth-order valence-electron chi connectivity index (χ4n) is 2.32. The van der Waals surface area contributed by atoms with Crippen molar-refractivity contribution in [2.45, 2.75) is 31.1 Å². The lowest BCUT2D eigenvalue weighted by atomic mass is 9.94. The smallest absolute Gasteiger partial charge is 0.168 e. The van der Waals surface area contributed by atoms with Crippen molar-refractivity contribution in [3.05, 3.63) is 29.3 Å². The van der Waals surface area contributed by atoms with Gasteiger partial charge in [0, 0.05) is 23.6 Å². The van der Waals surface area contributed by atoms with Gasteiger partial charge in [-0.15, -0.1) is 0 Å². The average Bonchev–Trinajstić information content (AvgIpc) is 3.22. The summed E-state index contributed by atoms with van der Waals surface area (Å²) in [5.41, 5.74) is 6.09. The van der Waals surface area contributed by atoms with Crippen molar-refractivity contribution in [1.82, 2.24) is 0 Å². The first-order valence-electron chi connectivity index (χ1n) is 6.47. The van der Waals surface area contributed by atoms with Gasteiger partial charge < -0.3 is 10.5 Å². The molecule has 0 spiro atoms. The summed E-state index contributed by atoms with van der Waals surface area (Å²) in [4.78, 5) is 0. The van der Waals surface area contributed by atoms with Gasteiger partial charge in [-0.2, -0.15) is 0 Å². The highest BCUT2D eigenvalue weighted by Gasteiger charge is 2.46. The van der Waals surface area contributed by atoms with Crippen molar-refractivity contribution in [3.63, 3.8) is 0 Å². The first kappa shape index (κ1) is 11.9. The lowest BCUT2D eigenvalue weighted by Gasteiger charge is -2.19. The van der Waals surface area contributed by atoms with E-state index in [0.717, 1.165) is 31.7 Å². The molecule has 0 aliphatic heterocycles. The van der Waals surface area contributed by atoms with Crippen LogP contribution in [0.4, 0.5) is 8.78 Å². The molecule has 4 heteroatoms. The summed E-state index contributed by atoms with van der Waals surface area (Å²) >= 11 is 0. The lowest BCUT2D eigenvalue weighted by molar-refractivity contribution is 0.278. The molecular formula is C14H17F2NO. The molecular weight excluding hydrogens is 236 g/mol. The van der Waals surface area contributed by atoms with Gasteiger partial charge in [-0.1, -0.05) is 0 Å². The minimum absolute atomic E-state index is 0.214. The second kappa shape index (κ2) is 4.19. The van der Waals surface area contributed by atoms with Crippen LogP contribution in [0.15, 0.2) is 12.1 Å². The number of rotatable bonds is 5. The minimum atomic E-state index is -0.606. The molecule has 0 atom stereocenters. The zero-order chi connectivity index (χ0) is 12.8. The first-order chi connectivity index (χ1) is 8.64. The standard InChI is InChI=1S/C14H17F2NO/c15-10-5-11(14(8-17)3-4-14)13(12(16)6-10)18-7-9-1-2-9/h5-6,9H,1-4,7-8,17H2. The maximum absolute atomic E-state index is 13.9. The van der Waals surface area contributed by atoms with Crippen molar-refractivity contribution in [2.24, 2.45) is 11.7 Å². The second-order valence-electron chi connectivity index (χ2n) is 5.50. The van der Waals surface area contributed by atoms with Crippen LogP contribution in [-0.2, 0) is 5.41 Å². The van der Waals surface area contributed by atoms with Gasteiger partial charge in [0.1, 0.15) is 5.82 Å². The molecule has 2 fully saturated rings. The molecule has 1 aromatic carbocycles. The van der Waals surface area contributed by atoms with Gasteiger partial charge in [-0.05, 0) is 37.7 Å². The Morgan fingerprint density at radius 2 is 2.00 bits per heavy atom. The molecule has 2 N–H and O–H groups in total. The van der Waals surface area contributed by atoms with Crippen molar-refractivity contribution in [2.75, 3.05) is 13.2 Å². The maximum Gasteiger partial charge on any atom is 0.168 e. The third kappa shape index (κ3) is 2.09. The van der Waals surface area contributed by atoms with Gasteiger partial charge in [-0.25, -0.2) is 8.78 Å². The highest BCUT2D eigenvalue weighted by atomic mass is 19.1. The van der Waals surface area contributed by atoms with Crippen LogP contribution in [0.5, 0.6) is 5.75 Å². The highest BCUT2D eigenvalue weighted by Crippen LogP contribution is 2.51. The van der Waals surface area contributed by atoms with Gasteiger partial charge in [-0.3, -0.25) is 0 Å². The van der Waals surface area contributed by atoms with Crippen LogP contribution >= 0.6 is 0 Å². The number of halogens is 2. The molecule has 2 aliphatic rings. The Kier molecular flexibility index (Phi) is 2.77. The van der Waals surface area contributed by atoms with E-state index in [-0.39, 0.29) is 11.2 Å². The summed E-state index contributed by atoms with van der Waals surface area (Å²) in [6.45, 7) is 0.936. The molecule has 98 valence electrons. The van der Waals surface area contributed by atoms with Gasteiger partial charge in [0.2, 0.25) is 0 Å².